The van der Waals surface area contributed by atoms with E-state index in [-0.39, 0.29) is 11.4 Å². The van der Waals surface area contributed by atoms with E-state index in [1.807, 2.05) is 12.1 Å². The number of benzene rings is 1. The van der Waals surface area contributed by atoms with E-state index < -0.39 is 5.92 Å². The Bertz CT molecular complexity index is 768. The topological polar surface area (TPSA) is 64.8 Å². The van der Waals surface area contributed by atoms with E-state index in [1.165, 1.54) is 12.1 Å². The van der Waals surface area contributed by atoms with Crippen molar-refractivity contribution in [1.82, 2.24) is 9.97 Å². The second-order valence-corrected chi connectivity index (χ2v) is 6.29. The van der Waals surface area contributed by atoms with Crippen LogP contribution in [-0.2, 0) is 0 Å². The molecule has 0 amide bonds. The Labute approximate surface area is 139 Å². The summed E-state index contributed by atoms with van der Waals surface area (Å²) in [6.07, 6.45) is 5.04. The van der Waals surface area contributed by atoms with Crippen LogP contribution in [0.2, 0.25) is 5.28 Å². The van der Waals surface area contributed by atoms with Gasteiger partial charge >= 0.3 is 0 Å². The molecule has 0 radical (unpaired) electrons. The van der Waals surface area contributed by atoms with E-state index in [2.05, 4.69) is 38.4 Å². The Kier molecular flexibility index (Phi) is 3.55. The van der Waals surface area contributed by atoms with E-state index in [0.717, 1.165) is 18.5 Å². The third kappa shape index (κ3) is 2.40. The summed E-state index contributed by atoms with van der Waals surface area (Å²) >= 11 is 5.91. The van der Waals surface area contributed by atoms with Gasteiger partial charge in [-0.15, -0.1) is 0 Å². The van der Waals surface area contributed by atoms with Crippen LogP contribution in [0.25, 0.3) is 0 Å². The maximum Gasteiger partial charge on any atom is 0.222 e. The summed E-state index contributed by atoms with van der Waals surface area (Å²) in [6.45, 7) is 0. The number of fused-ring (bicyclic) bond motifs is 1. The molecule has 2 aromatic rings. The molecular formula is C17H16ClN5. The minimum atomic E-state index is -0.413. The highest BCUT2D eigenvalue weighted by molar-refractivity contribution is 6.28. The van der Waals surface area contributed by atoms with Gasteiger partial charge in [-0.05, 0) is 49.1 Å². The van der Waals surface area contributed by atoms with Crippen molar-refractivity contribution in [2.45, 2.75) is 37.4 Å². The zero-order chi connectivity index (χ0) is 15.8. The van der Waals surface area contributed by atoms with Crippen LogP contribution in [0, 0.1) is 11.3 Å². The first kappa shape index (κ1) is 14.3. The summed E-state index contributed by atoms with van der Waals surface area (Å²) in [6, 6.07) is 12.9. The van der Waals surface area contributed by atoms with Crippen molar-refractivity contribution in [3.63, 3.8) is 0 Å². The van der Waals surface area contributed by atoms with E-state index in [9.17, 15) is 5.26 Å². The fourth-order valence-electron chi connectivity index (χ4n) is 3.35. The molecule has 6 heteroatoms. The zero-order valence-corrected chi connectivity index (χ0v) is 13.2. The molecule has 1 aromatic heterocycles. The normalized spacial score (nSPS) is 21.0. The van der Waals surface area contributed by atoms with Crippen molar-refractivity contribution in [1.29, 1.82) is 5.26 Å². The van der Waals surface area contributed by atoms with Crippen molar-refractivity contribution < 1.29 is 0 Å². The number of aromatic nitrogens is 2. The summed E-state index contributed by atoms with van der Waals surface area (Å²) in [5.41, 5.74) is 2.90. The molecule has 0 spiro atoms. The summed E-state index contributed by atoms with van der Waals surface area (Å²) in [5, 5.41) is 13.5. The van der Waals surface area contributed by atoms with Crippen molar-refractivity contribution in [2.24, 2.45) is 0 Å². The average molecular weight is 326 g/mol. The van der Waals surface area contributed by atoms with Gasteiger partial charge in [-0.3, -0.25) is 0 Å². The quantitative estimate of drug-likeness (QED) is 0.874. The molecule has 0 saturated heterocycles. The maximum absolute atomic E-state index is 9.78. The molecule has 1 N–H and O–H groups in total. The van der Waals surface area contributed by atoms with Gasteiger partial charge in [0.2, 0.25) is 5.28 Å². The Morgan fingerprint density at radius 3 is 2.83 bits per heavy atom. The number of anilines is 2. The van der Waals surface area contributed by atoms with Gasteiger partial charge in [0.1, 0.15) is 12.1 Å². The molecule has 2 atom stereocenters. The Balaban J connectivity index is 1.73. The second-order valence-electron chi connectivity index (χ2n) is 5.96. The van der Waals surface area contributed by atoms with Crippen LogP contribution in [-0.4, -0.2) is 22.2 Å². The minimum absolute atomic E-state index is 0.131. The summed E-state index contributed by atoms with van der Waals surface area (Å²) < 4.78 is 0. The van der Waals surface area contributed by atoms with E-state index >= 15 is 0 Å². The molecule has 5 nitrogen and oxygen atoms in total. The Morgan fingerprint density at radius 1 is 1.30 bits per heavy atom. The van der Waals surface area contributed by atoms with Gasteiger partial charge in [-0.25, -0.2) is 9.97 Å². The number of para-hydroxylation sites is 2. The molecule has 1 aliphatic carbocycles. The molecule has 0 bridgehead atoms. The van der Waals surface area contributed by atoms with Crippen LogP contribution >= 0.6 is 11.6 Å². The predicted molar refractivity (Wildman–Crippen MR) is 89.4 cm³/mol. The number of nitriles is 1. The van der Waals surface area contributed by atoms with Gasteiger partial charge in [-0.2, -0.15) is 5.26 Å². The molecule has 4 rings (SSSR count). The smallest absolute Gasteiger partial charge is 0.222 e. The highest BCUT2D eigenvalue weighted by atomic mass is 35.5. The monoisotopic (exact) mass is 325 g/mol. The zero-order valence-electron chi connectivity index (χ0n) is 12.5. The minimum Gasteiger partial charge on any atom is -0.362 e. The first-order valence-electron chi connectivity index (χ1n) is 7.80. The molecule has 1 aliphatic heterocycles. The standard InChI is InChI=1S/C17H16ClN5/c18-17-20-9-8-13(22-17)12(10-19)16-21-14-6-1-2-7-15(14)23(16)11-4-3-5-11/h1-2,6-9,11-12,16,21H,3-5H2. The van der Waals surface area contributed by atoms with Crippen molar-refractivity contribution >= 4 is 23.0 Å². The third-order valence-electron chi connectivity index (χ3n) is 4.67. The van der Waals surface area contributed by atoms with E-state index in [4.69, 9.17) is 11.6 Å². The summed E-state index contributed by atoms with van der Waals surface area (Å²) in [5.74, 6) is -0.413. The fourth-order valence-corrected chi connectivity index (χ4v) is 3.51. The van der Waals surface area contributed by atoms with Crippen LogP contribution in [0.5, 0.6) is 0 Å². The van der Waals surface area contributed by atoms with Crippen LogP contribution in [0.15, 0.2) is 36.5 Å². The number of nitrogens with one attached hydrogen (secondary N) is 1. The van der Waals surface area contributed by atoms with Crippen molar-refractivity contribution in [2.75, 3.05) is 10.2 Å². The van der Waals surface area contributed by atoms with Gasteiger partial charge in [0.15, 0.2) is 0 Å². The molecule has 1 aromatic carbocycles. The highest BCUT2D eigenvalue weighted by Gasteiger charge is 2.41. The van der Waals surface area contributed by atoms with Gasteiger partial charge < -0.3 is 10.2 Å². The number of hydrogen-bond donors (Lipinski definition) is 1. The molecular weight excluding hydrogens is 310 g/mol. The number of rotatable bonds is 3. The number of hydrogen-bond acceptors (Lipinski definition) is 5. The molecule has 116 valence electrons. The fraction of sp³-hybridized carbons (Fsp3) is 0.353. The first-order valence-corrected chi connectivity index (χ1v) is 8.17. The average Bonchev–Trinajstić information content (AvgIpc) is 2.86. The van der Waals surface area contributed by atoms with Crippen LogP contribution < -0.4 is 10.2 Å². The van der Waals surface area contributed by atoms with Gasteiger partial charge in [0.25, 0.3) is 0 Å². The van der Waals surface area contributed by atoms with Gasteiger partial charge in [0.05, 0.1) is 23.1 Å². The molecule has 1 saturated carbocycles. The van der Waals surface area contributed by atoms with Gasteiger partial charge in [0, 0.05) is 12.2 Å². The van der Waals surface area contributed by atoms with Crippen molar-refractivity contribution in [3.8, 4) is 6.07 Å². The lowest BCUT2D eigenvalue weighted by Gasteiger charge is -2.41. The summed E-state index contributed by atoms with van der Waals surface area (Å²) in [4.78, 5) is 10.5. The highest BCUT2D eigenvalue weighted by Crippen LogP contribution is 2.43. The molecule has 1 fully saturated rings. The predicted octanol–water partition coefficient (Wildman–Crippen LogP) is 3.55. The van der Waals surface area contributed by atoms with Crippen LogP contribution in [0.1, 0.15) is 30.9 Å². The van der Waals surface area contributed by atoms with Crippen molar-refractivity contribution in [3.05, 3.63) is 47.5 Å². The Hall–Kier alpha value is -2.32. The van der Waals surface area contributed by atoms with Crippen LogP contribution in [0.4, 0.5) is 11.4 Å². The van der Waals surface area contributed by atoms with Gasteiger partial charge in [-0.1, -0.05) is 12.1 Å². The Morgan fingerprint density at radius 2 is 2.13 bits per heavy atom. The second kappa shape index (κ2) is 5.71. The molecule has 2 aliphatic rings. The lowest BCUT2D eigenvalue weighted by molar-refractivity contribution is 0.364. The molecule has 2 heterocycles. The number of halogens is 1. The molecule has 23 heavy (non-hydrogen) atoms. The lowest BCUT2D eigenvalue weighted by atomic mass is 9.89. The third-order valence-corrected chi connectivity index (χ3v) is 4.86. The SMILES string of the molecule is N#CC(c1ccnc(Cl)n1)C1Nc2ccccc2N1C1CCC1. The maximum atomic E-state index is 9.78. The van der Waals surface area contributed by atoms with Crippen LogP contribution in [0.3, 0.4) is 0 Å². The molecule has 2 unspecified atom stereocenters. The summed E-state index contributed by atoms with van der Waals surface area (Å²) in [7, 11) is 0. The largest absolute Gasteiger partial charge is 0.362 e. The van der Waals surface area contributed by atoms with E-state index in [1.54, 1.807) is 12.3 Å². The lowest BCUT2D eigenvalue weighted by Crippen LogP contribution is -2.49. The first-order chi connectivity index (χ1) is 11.3. The van der Waals surface area contributed by atoms with E-state index in [0.29, 0.717) is 11.7 Å². The number of nitrogens with zero attached hydrogens (tertiary/aromatic N) is 4.